The van der Waals surface area contributed by atoms with Gasteiger partial charge < -0.3 is 5.41 Å². The summed E-state index contributed by atoms with van der Waals surface area (Å²) in [4.78, 5) is 0. The lowest BCUT2D eigenvalue weighted by Gasteiger charge is -1.86. The van der Waals surface area contributed by atoms with Crippen molar-refractivity contribution in [3.63, 3.8) is 0 Å². The third-order valence-electron chi connectivity index (χ3n) is 0.957. The van der Waals surface area contributed by atoms with Gasteiger partial charge in [0.25, 0.3) is 0 Å². The topological polar surface area (TPSA) is 23.9 Å². The Hall–Kier alpha value is -0.330. The molecule has 1 nitrogen and oxygen atoms in total. The van der Waals surface area contributed by atoms with Crippen LogP contribution in [0.1, 0.15) is 53.4 Å². The minimum atomic E-state index is 0.667. The van der Waals surface area contributed by atoms with Crippen LogP contribution in [0.3, 0.4) is 0 Å². The smallest absolute Gasteiger partial charge is 0.00272 e. The summed E-state index contributed by atoms with van der Waals surface area (Å²) in [6, 6.07) is 0. The van der Waals surface area contributed by atoms with E-state index in [-0.39, 0.29) is 0 Å². The first-order chi connectivity index (χ1) is 4.65. The van der Waals surface area contributed by atoms with E-state index in [9.17, 15) is 0 Å². The summed E-state index contributed by atoms with van der Waals surface area (Å²) in [5.41, 5.74) is 0.667. The SMILES string of the molecule is CC(C)=N.CCCCCC. The van der Waals surface area contributed by atoms with Crippen molar-refractivity contribution in [3.05, 3.63) is 0 Å². The molecule has 0 unspecified atom stereocenters. The Bertz CT molecular complexity index is 59.1. The largest absolute Gasteiger partial charge is 0.310 e. The van der Waals surface area contributed by atoms with Crippen molar-refractivity contribution in [1.29, 1.82) is 5.41 Å². The predicted molar refractivity (Wildman–Crippen MR) is 48.9 cm³/mol. The van der Waals surface area contributed by atoms with Gasteiger partial charge in [0, 0.05) is 5.71 Å². The highest BCUT2D eigenvalue weighted by Gasteiger charge is 1.75. The van der Waals surface area contributed by atoms with E-state index in [1.54, 1.807) is 13.8 Å². The van der Waals surface area contributed by atoms with E-state index in [0.29, 0.717) is 5.71 Å². The van der Waals surface area contributed by atoms with Gasteiger partial charge in [-0.15, -0.1) is 0 Å². The standard InChI is InChI=1S/C6H14.C3H7N/c1-3-5-6-4-2;1-3(2)4/h3-6H2,1-2H3;4H,1-2H3. The van der Waals surface area contributed by atoms with Crippen molar-refractivity contribution in [2.45, 2.75) is 53.4 Å². The predicted octanol–water partition coefficient (Wildman–Crippen LogP) is 3.63. The van der Waals surface area contributed by atoms with Gasteiger partial charge in [-0.3, -0.25) is 0 Å². The number of hydrogen-bond donors (Lipinski definition) is 1. The number of rotatable bonds is 3. The van der Waals surface area contributed by atoms with Crippen LogP contribution >= 0.6 is 0 Å². The van der Waals surface area contributed by atoms with Crippen molar-refractivity contribution in [2.24, 2.45) is 0 Å². The molecule has 0 aliphatic heterocycles. The van der Waals surface area contributed by atoms with E-state index >= 15 is 0 Å². The van der Waals surface area contributed by atoms with Gasteiger partial charge in [0.15, 0.2) is 0 Å². The normalized spacial score (nSPS) is 8.00. The summed E-state index contributed by atoms with van der Waals surface area (Å²) in [6.07, 6.45) is 5.54. The zero-order valence-electron chi connectivity index (χ0n) is 7.83. The summed E-state index contributed by atoms with van der Waals surface area (Å²) in [6.45, 7) is 7.96. The fraction of sp³-hybridized carbons (Fsp3) is 0.889. The molecule has 0 aromatic carbocycles. The molecule has 0 amide bonds. The molecule has 0 aromatic heterocycles. The van der Waals surface area contributed by atoms with E-state index in [1.807, 2.05) is 0 Å². The molecule has 0 spiro atoms. The summed E-state index contributed by atoms with van der Waals surface area (Å²) in [5, 5.41) is 6.50. The quantitative estimate of drug-likeness (QED) is 0.461. The zero-order valence-corrected chi connectivity index (χ0v) is 7.83. The Kier molecular flexibility index (Phi) is 14.2. The monoisotopic (exact) mass is 143 g/mol. The van der Waals surface area contributed by atoms with Gasteiger partial charge in [-0.2, -0.15) is 0 Å². The summed E-state index contributed by atoms with van der Waals surface area (Å²) in [7, 11) is 0. The molecular formula is C9H21N. The minimum Gasteiger partial charge on any atom is -0.310 e. The maximum Gasteiger partial charge on any atom is 0.00272 e. The molecule has 0 bridgehead atoms. The first-order valence-corrected chi connectivity index (χ1v) is 4.16. The van der Waals surface area contributed by atoms with Gasteiger partial charge in [0.05, 0.1) is 0 Å². The van der Waals surface area contributed by atoms with Crippen molar-refractivity contribution < 1.29 is 0 Å². The fourth-order valence-corrected chi connectivity index (χ4v) is 0.500. The molecule has 0 aliphatic rings. The molecule has 1 N–H and O–H groups in total. The Morgan fingerprint density at radius 3 is 1.30 bits per heavy atom. The van der Waals surface area contributed by atoms with Crippen LogP contribution in [0.25, 0.3) is 0 Å². The van der Waals surface area contributed by atoms with Crippen LogP contribution in [-0.4, -0.2) is 5.71 Å². The second-order valence-corrected chi connectivity index (χ2v) is 2.71. The lowest BCUT2D eigenvalue weighted by molar-refractivity contribution is 0.702. The van der Waals surface area contributed by atoms with Gasteiger partial charge in [0.2, 0.25) is 0 Å². The summed E-state index contributed by atoms with van der Waals surface area (Å²) >= 11 is 0. The first kappa shape index (κ1) is 12.4. The van der Waals surface area contributed by atoms with Crippen molar-refractivity contribution in [3.8, 4) is 0 Å². The van der Waals surface area contributed by atoms with Gasteiger partial charge in [-0.1, -0.05) is 39.5 Å². The van der Waals surface area contributed by atoms with Crippen LogP contribution in [0, 0.1) is 5.41 Å². The fourth-order valence-electron chi connectivity index (χ4n) is 0.500. The van der Waals surface area contributed by atoms with E-state index in [4.69, 9.17) is 5.41 Å². The van der Waals surface area contributed by atoms with Crippen LogP contribution in [0.4, 0.5) is 0 Å². The second kappa shape index (κ2) is 11.5. The molecule has 0 saturated carbocycles. The first-order valence-electron chi connectivity index (χ1n) is 4.16. The maximum absolute atomic E-state index is 6.50. The Balaban J connectivity index is 0. The van der Waals surface area contributed by atoms with E-state index in [2.05, 4.69) is 13.8 Å². The molecule has 0 heterocycles. The third kappa shape index (κ3) is 47.9. The molecule has 0 atom stereocenters. The molecule has 1 heteroatoms. The molecule has 0 aromatic rings. The van der Waals surface area contributed by atoms with E-state index in [1.165, 1.54) is 25.7 Å². The highest BCUT2D eigenvalue weighted by Crippen LogP contribution is 1.95. The Morgan fingerprint density at radius 1 is 1.00 bits per heavy atom. The van der Waals surface area contributed by atoms with Crippen LogP contribution in [0.5, 0.6) is 0 Å². The molecule has 0 radical (unpaired) electrons. The molecule has 10 heavy (non-hydrogen) atoms. The molecule has 62 valence electrons. The molecule has 0 fully saturated rings. The van der Waals surface area contributed by atoms with Gasteiger partial charge in [0.1, 0.15) is 0 Å². The Morgan fingerprint density at radius 2 is 1.20 bits per heavy atom. The van der Waals surface area contributed by atoms with E-state index in [0.717, 1.165) is 0 Å². The average Bonchev–Trinajstić information content (AvgIpc) is 1.82. The summed E-state index contributed by atoms with van der Waals surface area (Å²) < 4.78 is 0. The van der Waals surface area contributed by atoms with Crippen LogP contribution in [0.2, 0.25) is 0 Å². The zero-order chi connectivity index (χ0) is 8.41. The van der Waals surface area contributed by atoms with Gasteiger partial charge in [-0.25, -0.2) is 0 Å². The molecule has 0 saturated heterocycles. The van der Waals surface area contributed by atoms with Crippen LogP contribution in [0.15, 0.2) is 0 Å². The molecule has 0 aliphatic carbocycles. The molecule has 0 rings (SSSR count). The number of unbranched alkanes of at least 4 members (excludes halogenated alkanes) is 3. The maximum atomic E-state index is 6.50. The lowest BCUT2D eigenvalue weighted by atomic mass is 10.2. The van der Waals surface area contributed by atoms with Crippen molar-refractivity contribution >= 4 is 5.71 Å². The van der Waals surface area contributed by atoms with Crippen LogP contribution < -0.4 is 0 Å². The number of nitrogens with one attached hydrogen (secondary N) is 1. The van der Waals surface area contributed by atoms with Gasteiger partial charge in [-0.05, 0) is 13.8 Å². The van der Waals surface area contributed by atoms with Crippen LogP contribution in [-0.2, 0) is 0 Å². The minimum absolute atomic E-state index is 0.667. The summed E-state index contributed by atoms with van der Waals surface area (Å²) in [5.74, 6) is 0. The molecular weight excluding hydrogens is 122 g/mol. The second-order valence-electron chi connectivity index (χ2n) is 2.71. The highest BCUT2D eigenvalue weighted by atomic mass is 14.3. The highest BCUT2D eigenvalue weighted by molar-refractivity contribution is 5.75. The van der Waals surface area contributed by atoms with Crippen molar-refractivity contribution in [2.75, 3.05) is 0 Å². The average molecular weight is 143 g/mol. The van der Waals surface area contributed by atoms with Crippen molar-refractivity contribution in [1.82, 2.24) is 0 Å². The third-order valence-corrected chi connectivity index (χ3v) is 0.957. The van der Waals surface area contributed by atoms with Gasteiger partial charge >= 0.3 is 0 Å². The lowest BCUT2D eigenvalue weighted by Crippen LogP contribution is -1.67. The number of hydrogen-bond acceptors (Lipinski definition) is 1. The Labute approximate surface area is 65.3 Å². The van der Waals surface area contributed by atoms with E-state index < -0.39 is 0 Å².